The van der Waals surface area contributed by atoms with Crippen molar-refractivity contribution in [1.82, 2.24) is 19.7 Å². The molecule has 1 amide bonds. The molecule has 1 N–H and O–H groups in total. The van der Waals surface area contributed by atoms with Gasteiger partial charge in [-0.15, -0.1) is 0 Å². The van der Waals surface area contributed by atoms with Gasteiger partial charge in [0.15, 0.2) is 0 Å². The molecule has 0 aliphatic heterocycles. The number of amides is 1. The highest BCUT2D eigenvalue weighted by atomic mass is 16.2. The molecule has 1 aromatic carbocycles. The van der Waals surface area contributed by atoms with E-state index in [1.807, 2.05) is 43.5 Å². The number of hydrogen-bond donors (Lipinski definition) is 1. The van der Waals surface area contributed by atoms with Gasteiger partial charge in [0.1, 0.15) is 6.54 Å². The van der Waals surface area contributed by atoms with Crippen molar-refractivity contribution in [2.75, 3.05) is 0 Å². The Morgan fingerprint density at radius 1 is 1.17 bits per heavy atom. The maximum atomic E-state index is 12.2. The summed E-state index contributed by atoms with van der Waals surface area (Å²) in [6.07, 6.45) is 5.19. The molecule has 2 heterocycles. The number of carbonyl (C=O) groups is 1. The Hall–Kier alpha value is -3.15. The third-order valence-corrected chi connectivity index (χ3v) is 3.73. The highest BCUT2D eigenvalue weighted by Gasteiger charge is 2.11. The van der Waals surface area contributed by atoms with Gasteiger partial charge in [0.05, 0.1) is 11.7 Å². The molecule has 6 heteroatoms. The van der Waals surface area contributed by atoms with Gasteiger partial charge in [0, 0.05) is 24.7 Å². The number of nitrogens with zero attached hydrogens (tertiary/aromatic N) is 3. The van der Waals surface area contributed by atoms with E-state index in [9.17, 15) is 9.59 Å². The second kappa shape index (κ2) is 6.95. The minimum absolute atomic E-state index is 0.00284. The Bertz CT molecular complexity index is 884. The highest BCUT2D eigenvalue weighted by Crippen LogP contribution is 2.16. The molecule has 0 fully saturated rings. The molecule has 1 atom stereocenters. The monoisotopic (exact) mass is 322 g/mol. The van der Waals surface area contributed by atoms with Gasteiger partial charge in [-0.3, -0.25) is 9.59 Å². The van der Waals surface area contributed by atoms with Crippen LogP contribution < -0.4 is 10.9 Å². The van der Waals surface area contributed by atoms with Crippen LogP contribution in [0.4, 0.5) is 0 Å². The first-order valence-corrected chi connectivity index (χ1v) is 7.68. The summed E-state index contributed by atoms with van der Waals surface area (Å²) in [4.78, 5) is 23.8. The number of aromatic nitrogens is 3. The lowest BCUT2D eigenvalue weighted by Crippen LogP contribution is -2.33. The van der Waals surface area contributed by atoms with Crippen LogP contribution in [0.15, 0.2) is 71.9 Å². The minimum atomic E-state index is -0.208. The van der Waals surface area contributed by atoms with E-state index in [-0.39, 0.29) is 24.1 Å². The average Bonchev–Trinajstić information content (AvgIpc) is 3.11. The van der Waals surface area contributed by atoms with E-state index >= 15 is 0 Å². The summed E-state index contributed by atoms with van der Waals surface area (Å²) in [6, 6.07) is 14.3. The Balaban J connectivity index is 1.70. The summed E-state index contributed by atoms with van der Waals surface area (Å²) in [6.45, 7) is 1.91. The van der Waals surface area contributed by atoms with E-state index < -0.39 is 0 Å². The lowest BCUT2D eigenvalue weighted by molar-refractivity contribution is -0.122. The van der Waals surface area contributed by atoms with Gasteiger partial charge in [0.2, 0.25) is 5.91 Å². The van der Waals surface area contributed by atoms with Gasteiger partial charge in [0.25, 0.3) is 5.56 Å². The van der Waals surface area contributed by atoms with Crippen molar-refractivity contribution in [3.8, 4) is 5.69 Å². The number of hydrogen-bond acceptors (Lipinski definition) is 3. The van der Waals surface area contributed by atoms with Crippen molar-refractivity contribution in [3.05, 3.63) is 83.0 Å². The van der Waals surface area contributed by atoms with E-state index in [1.165, 1.54) is 10.6 Å². The first kappa shape index (κ1) is 15.7. The number of benzene rings is 1. The molecule has 2 aromatic heterocycles. The molecule has 0 aliphatic carbocycles. The SMILES string of the molecule is C[C@@H](NC(=O)Cn1ccccc1=O)c1cccc(-n2cccn2)c1. The van der Waals surface area contributed by atoms with Crippen LogP contribution in [0.3, 0.4) is 0 Å². The lowest BCUT2D eigenvalue weighted by atomic mass is 10.1. The number of nitrogens with one attached hydrogen (secondary N) is 1. The van der Waals surface area contributed by atoms with Crippen LogP contribution in [0, 0.1) is 0 Å². The van der Waals surface area contributed by atoms with E-state index in [0.29, 0.717) is 0 Å². The van der Waals surface area contributed by atoms with Crippen LogP contribution >= 0.6 is 0 Å². The van der Waals surface area contributed by atoms with E-state index in [4.69, 9.17) is 0 Å². The summed E-state index contributed by atoms with van der Waals surface area (Å²) in [7, 11) is 0. The van der Waals surface area contributed by atoms with E-state index in [2.05, 4.69) is 10.4 Å². The van der Waals surface area contributed by atoms with Crippen LogP contribution in [0.25, 0.3) is 5.69 Å². The molecule has 0 bridgehead atoms. The van der Waals surface area contributed by atoms with Gasteiger partial charge in [-0.1, -0.05) is 18.2 Å². The smallest absolute Gasteiger partial charge is 0.250 e. The molecule has 0 saturated carbocycles. The third kappa shape index (κ3) is 3.60. The van der Waals surface area contributed by atoms with Crippen molar-refractivity contribution in [3.63, 3.8) is 0 Å². The molecule has 122 valence electrons. The summed E-state index contributed by atoms with van der Waals surface area (Å²) >= 11 is 0. The number of carbonyl (C=O) groups excluding carboxylic acids is 1. The fourth-order valence-electron chi connectivity index (χ4n) is 2.47. The predicted octanol–water partition coefficient (Wildman–Crippen LogP) is 1.91. The van der Waals surface area contributed by atoms with Crippen molar-refractivity contribution in [1.29, 1.82) is 0 Å². The molecular weight excluding hydrogens is 304 g/mol. The maximum absolute atomic E-state index is 12.2. The standard InChI is InChI=1S/C18H18N4O2/c1-14(20-17(23)13-21-10-3-2-8-18(21)24)15-6-4-7-16(12-15)22-11-5-9-19-22/h2-12,14H,13H2,1H3,(H,20,23)/t14-/m1/s1. The molecule has 0 aliphatic rings. The van der Waals surface area contributed by atoms with Crippen LogP contribution in [0.2, 0.25) is 0 Å². The van der Waals surface area contributed by atoms with Crippen LogP contribution in [-0.2, 0) is 11.3 Å². The Labute approximate surface area is 139 Å². The zero-order valence-electron chi connectivity index (χ0n) is 13.3. The largest absolute Gasteiger partial charge is 0.348 e. The van der Waals surface area contributed by atoms with Gasteiger partial charge < -0.3 is 9.88 Å². The van der Waals surface area contributed by atoms with Crippen molar-refractivity contribution in [2.45, 2.75) is 19.5 Å². The lowest BCUT2D eigenvalue weighted by Gasteiger charge is -2.16. The van der Waals surface area contributed by atoms with Crippen LogP contribution in [0.1, 0.15) is 18.5 Å². The molecule has 0 saturated heterocycles. The number of pyridine rings is 1. The summed E-state index contributed by atoms with van der Waals surface area (Å²) < 4.78 is 3.14. The van der Waals surface area contributed by atoms with Gasteiger partial charge >= 0.3 is 0 Å². The van der Waals surface area contributed by atoms with E-state index in [1.54, 1.807) is 29.2 Å². The first-order valence-electron chi connectivity index (χ1n) is 7.68. The van der Waals surface area contributed by atoms with Crippen LogP contribution in [0.5, 0.6) is 0 Å². The Morgan fingerprint density at radius 3 is 2.79 bits per heavy atom. The molecule has 24 heavy (non-hydrogen) atoms. The van der Waals surface area contributed by atoms with Crippen molar-refractivity contribution in [2.24, 2.45) is 0 Å². The molecule has 3 aromatic rings. The highest BCUT2D eigenvalue weighted by molar-refractivity contribution is 5.76. The maximum Gasteiger partial charge on any atom is 0.250 e. The molecule has 0 radical (unpaired) electrons. The average molecular weight is 322 g/mol. The second-order valence-electron chi connectivity index (χ2n) is 5.50. The Kier molecular flexibility index (Phi) is 4.56. The predicted molar refractivity (Wildman–Crippen MR) is 90.8 cm³/mol. The Morgan fingerprint density at radius 2 is 2.04 bits per heavy atom. The molecule has 6 nitrogen and oxygen atoms in total. The molecular formula is C18H18N4O2. The van der Waals surface area contributed by atoms with Gasteiger partial charge in [-0.2, -0.15) is 5.10 Å². The van der Waals surface area contributed by atoms with Gasteiger partial charge in [-0.05, 0) is 36.8 Å². The van der Waals surface area contributed by atoms with Crippen molar-refractivity contribution >= 4 is 5.91 Å². The fourth-order valence-corrected chi connectivity index (χ4v) is 2.47. The molecule has 3 rings (SSSR count). The summed E-state index contributed by atoms with van der Waals surface area (Å²) in [5, 5.41) is 7.12. The summed E-state index contributed by atoms with van der Waals surface area (Å²) in [5.74, 6) is -0.208. The van der Waals surface area contributed by atoms with Crippen molar-refractivity contribution < 1.29 is 4.79 Å². The van der Waals surface area contributed by atoms with Gasteiger partial charge in [-0.25, -0.2) is 4.68 Å². The quantitative estimate of drug-likeness (QED) is 0.780. The minimum Gasteiger partial charge on any atom is -0.348 e. The zero-order valence-corrected chi connectivity index (χ0v) is 13.3. The van der Waals surface area contributed by atoms with E-state index in [0.717, 1.165) is 11.3 Å². The zero-order chi connectivity index (χ0) is 16.9. The summed E-state index contributed by atoms with van der Waals surface area (Å²) in [5.41, 5.74) is 1.70. The first-order chi connectivity index (χ1) is 11.6. The topological polar surface area (TPSA) is 68.9 Å². The normalized spacial score (nSPS) is 11.9. The molecule has 0 spiro atoms. The fraction of sp³-hybridized carbons (Fsp3) is 0.167. The molecule has 0 unspecified atom stereocenters. The second-order valence-corrected chi connectivity index (χ2v) is 5.50. The number of rotatable bonds is 5. The third-order valence-electron chi connectivity index (χ3n) is 3.73. The van der Waals surface area contributed by atoms with Crippen LogP contribution in [-0.4, -0.2) is 20.3 Å².